The standard InChI is InChI=1S/C14H18Cl3N3O/c1-18-10-2-4-20(5-3-10)8-13(21)19-14-11(16)6-9(15)7-12(14)17/h6-7,10,18H,2-5,8H2,1H3,(H,19,21). The molecule has 0 aliphatic carbocycles. The van der Waals surface area contributed by atoms with E-state index in [9.17, 15) is 4.79 Å². The number of piperidine rings is 1. The van der Waals surface area contributed by atoms with Gasteiger partial charge in [0.25, 0.3) is 0 Å². The van der Waals surface area contributed by atoms with Gasteiger partial charge >= 0.3 is 0 Å². The van der Waals surface area contributed by atoms with Crippen LogP contribution < -0.4 is 10.6 Å². The molecule has 1 fully saturated rings. The number of likely N-dealkylation sites (tertiary alicyclic amines) is 1. The number of amides is 1. The third-order valence-electron chi connectivity index (χ3n) is 3.63. The van der Waals surface area contributed by atoms with Crippen LogP contribution in [0.2, 0.25) is 15.1 Å². The Hall–Kier alpha value is -0.520. The number of carbonyl (C=O) groups excluding carboxylic acids is 1. The molecule has 2 rings (SSSR count). The highest BCUT2D eigenvalue weighted by Crippen LogP contribution is 2.33. The molecule has 0 aromatic heterocycles. The summed E-state index contributed by atoms with van der Waals surface area (Å²) in [4.78, 5) is 14.2. The highest BCUT2D eigenvalue weighted by Gasteiger charge is 2.20. The highest BCUT2D eigenvalue weighted by atomic mass is 35.5. The van der Waals surface area contributed by atoms with E-state index < -0.39 is 0 Å². The lowest BCUT2D eigenvalue weighted by molar-refractivity contribution is -0.117. The molecule has 0 spiro atoms. The normalized spacial score (nSPS) is 17.0. The summed E-state index contributed by atoms with van der Waals surface area (Å²) in [5, 5.41) is 7.15. The van der Waals surface area contributed by atoms with Crippen molar-refractivity contribution in [2.45, 2.75) is 18.9 Å². The zero-order valence-electron chi connectivity index (χ0n) is 11.8. The van der Waals surface area contributed by atoms with Crippen molar-refractivity contribution in [3.05, 3.63) is 27.2 Å². The molecule has 0 unspecified atom stereocenters. The Morgan fingerprint density at radius 1 is 1.24 bits per heavy atom. The van der Waals surface area contributed by atoms with Crippen molar-refractivity contribution in [1.29, 1.82) is 0 Å². The summed E-state index contributed by atoms with van der Waals surface area (Å²) in [6, 6.07) is 3.66. The lowest BCUT2D eigenvalue weighted by atomic mass is 10.1. The molecule has 4 nitrogen and oxygen atoms in total. The average molecular weight is 351 g/mol. The van der Waals surface area contributed by atoms with E-state index in [0.29, 0.717) is 33.3 Å². The second kappa shape index (κ2) is 7.65. The van der Waals surface area contributed by atoms with Crippen LogP contribution in [-0.4, -0.2) is 43.5 Å². The molecule has 21 heavy (non-hydrogen) atoms. The van der Waals surface area contributed by atoms with Gasteiger partial charge in [0.05, 0.1) is 22.3 Å². The molecule has 1 aromatic rings. The van der Waals surface area contributed by atoms with Crippen molar-refractivity contribution in [2.24, 2.45) is 0 Å². The average Bonchev–Trinajstić information content (AvgIpc) is 2.43. The largest absolute Gasteiger partial charge is 0.322 e. The molecule has 1 aromatic carbocycles. The molecule has 7 heteroatoms. The van der Waals surface area contributed by atoms with E-state index in [1.54, 1.807) is 12.1 Å². The van der Waals surface area contributed by atoms with E-state index in [1.807, 2.05) is 7.05 Å². The van der Waals surface area contributed by atoms with Gasteiger partial charge in [0.1, 0.15) is 0 Å². The molecule has 1 amide bonds. The maximum atomic E-state index is 12.1. The number of nitrogens with one attached hydrogen (secondary N) is 2. The molecular weight excluding hydrogens is 333 g/mol. The van der Waals surface area contributed by atoms with E-state index in [-0.39, 0.29) is 5.91 Å². The summed E-state index contributed by atoms with van der Waals surface area (Å²) in [5.74, 6) is -0.121. The van der Waals surface area contributed by atoms with Gasteiger partial charge < -0.3 is 10.6 Å². The Kier molecular flexibility index (Phi) is 6.14. The first kappa shape index (κ1) is 16.8. The fourth-order valence-corrected chi connectivity index (χ4v) is 3.33. The minimum absolute atomic E-state index is 0.121. The SMILES string of the molecule is CNC1CCN(CC(=O)Nc2c(Cl)cc(Cl)cc2Cl)CC1. The fraction of sp³-hybridized carbons (Fsp3) is 0.500. The van der Waals surface area contributed by atoms with Gasteiger partial charge in [-0.25, -0.2) is 0 Å². The predicted molar refractivity (Wildman–Crippen MR) is 88.6 cm³/mol. The van der Waals surface area contributed by atoms with Crippen molar-refractivity contribution in [3.8, 4) is 0 Å². The molecule has 0 atom stereocenters. The second-order valence-corrected chi connectivity index (χ2v) is 6.38. The highest BCUT2D eigenvalue weighted by molar-refractivity contribution is 6.42. The number of rotatable bonds is 4. The van der Waals surface area contributed by atoms with Crippen LogP contribution in [0, 0.1) is 0 Å². The summed E-state index contributed by atoms with van der Waals surface area (Å²) in [6.07, 6.45) is 2.10. The summed E-state index contributed by atoms with van der Waals surface area (Å²) in [6.45, 7) is 2.15. The number of nitrogens with zero attached hydrogens (tertiary/aromatic N) is 1. The van der Waals surface area contributed by atoms with Crippen LogP contribution in [0.15, 0.2) is 12.1 Å². The molecule has 1 aliphatic rings. The van der Waals surface area contributed by atoms with Crippen LogP contribution in [0.5, 0.6) is 0 Å². The Bertz CT molecular complexity index is 493. The van der Waals surface area contributed by atoms with E-state index in [1.165, 1.54) is 0 Å². The van der Waals surface area contributed by atoms with E-state index in [4.69, 9.17) is 34.8 Å². The summed E-state index contributed by atoms with van der Waals surface area (Å²) < 4.78 is 0. The smallest absolute Gasteiger partial charge is 0.238 e. The predicted octanol–water partition coefficient (Wildman–Crippen LogP) is 3.27. The molecule has 2 N–H and O–H groups in total. The molecule has 1 aliphatic heterocycles. The topological polar surface area (TPSA) is 44.4 Å². The van der Waals surface area contributed by atoms with Crippen molar-refractivity contribution in [1.82, 2.24) is 10.2 Å². The van der Waals surface area contributed by atoms with Gasteiger partial charge in [-0.3, -0.25) is 9.69 Å². The van der Waals surface area contributed by atoms with Crippen molar-refractivity contribution < 1.29 is 4.79 Å². The molecule has 0 radical (unpaired) electrons. The summed E-state index contributed by atoms with van der Waals surface area (Å²) in [5.41, 5.74) is 0.415. The monoisotopic (exact) mass is 349 g/mol. The van der Waals surface area contributed by atoms with Gasteiger partial charge in [-0.1, -0.05) is 34.8 Å². The number of anilines is 1. The van der Waals surface area contributed by atoms with E-state index in [2.05, 4.69) is 15.5 Å². The lowest BCUT2D eigenvalue weighted by Gasteiger charge is -2.31. The van der Waals surface area contributed by atoms with Crippen LogP contribution in [0.1, 0.15) is 12.8 Å². The quantitative estimate of drug-likeness (QED) is 0.876. The molecular formula is C14H18Cl3N3O. The van der Waals surface area contributed by atoms with Crippen LogP contribution in [0.3, 0.4) is 0 Å². The number of hydrogen-bond acceptors (Lipinski definition) is 3. The third kappa shape index (κ3) is 4.73. The number of carbonyl (C=O) groups is 1. The number of hydrogen-bond donors (Lipinski definition) is 2. The van der Waals surface area contributed by atoms with E-state index in [0.717, 1.165) is 25.9 Å². The Balaban J connectivity index is 1.91. The number of benzene rings is 1. The minimum atomic E-state index is -0.121. The van der Waals surface area contributed by atoms with E-state index >= 15 is 0 Å². The van der Waals surface area contributed by atoms with Crippen molar-refractivity contribution >= 4 is 46.4 Å². The van der Waals surface area contributed by atoms with Gasteiger partial charge in [-0.15, -0.1) is 0 Å². The van der Waals surface area contributed by atoms with Crippen LogP contribution in [-0.2, 0) is 4.79 Å². The second-order valence-electron chi connectivity index (χ2n) is 5.13. The summed E-state index contributed by atoms with van der Waals surface area (Å²) >= 11 is 18.0. The fourth-order valence-electron chi connectivity index (χ4n) is 2.42. The molecule has 0 saturated carbocycles. The Labute approximate surface area is 139 Å². The lowest BCUT2D eigenvalue weighted by Crippen LogP contribution is -2.44. The van der Waals surface area contributed by atoms with Crippen LogP contribution in [0.25, 0.3) is 0 Å². The maximum absolute atomic E-state index is 12.1. The maximum Gasteiger partial charge on any atom is 0.238 e. The third-order valence-corrected chi connectivity index (χ3v) is 4.45. The Morgan fingerprint density at radius 3 is 2.33 bits per heavy atom. The van der Waals surface area contributed by atoms with Crippen LogP contribution >= 0.6 is 34.8 Å². The molecule has 0 bridgehead atoms. The number of halogens is 3. The van der Waals surface area contributed by atoms with Crippen LogP contribution in [0.4, 0.5) is 5.69 Å². The first-order chi connectivity index (χ1) is 9.99. The van der Waals surface area contributed by atoms with Crippen molar-refractivity contribution in [3.63, 3.8) is 0 Å². The zero-order chi connectivity index (χ0) is 15.4. The Morgan fingerprint density at radius 2 is 1.81 bits per heavy atom. The molecule has 1 heterocycles. The summed E-state index contributed by atoms with van der Waals surface area (Å²) in [7, 11) is 1.97. The van der Waals surface area contributed by atoms with Crippen molar-refractivity contribution in [2.75, 3.05) is 32.0 Å². The van der Waals surface area contributed by atoms with Gasteiger partial charge in [0.2, 0.25) is 5.91 Å². The molecule has 1 saturated heterocycles. The minimum Gasteiger partial charge on any atom is -0.322 e. The van der Waals surface area contributed by atoms with Gasteiger partial charge in [0.15, 0.2) is 0 Å². The van der Waals surface area contributed by atoms with Gasteiger partial charge in [-0.05, 0) is 32.0 Å². The zero-order valence-corrected chi connectivity index (χ0v) is 14.0. The first-order valence-electron chi connectivity index (χ1n) is 6.83. The molecule has 116 valence electrons. The van der Waals surface area contributed by atoms with Gasteiger partial charge in [0, 0.05) is 24.2 Å². The first-order valence-corrected chi connectivity index (χ1v) is 7.97. The van der Waals surface area contributed by atoms with Gasteiger partial charge in [-0.2, -0.15) is 0 Å².